The molecule has 2 aromatic heterocycles. The molecule has 0 bridgehead atoms. The number of imidazole rings is 1. The van der Waals surface area contributed by atoms with Crippen molar-refractivity contribution in [3.8, 4) is 6.07 Å². The van der Waals surface area contributed by atoms with E-state index in [1.807, 2.05) is 17.6 Å². The Morgan fingerprint density at radius 1 is 1.62 bits per heavy atom. The second-order valence-corrected chi connectivity index (χ2v) is 4.61. The normalized spacial score (nSPS) is 12.2. The second-order valence-electron chi connectivity index (χ2n) is 3.67. The van der Waals surface area contributed by atoms with E-state index >= 15 is 0 Å². The number of nitriles is 1. The molecule has 0 spiro atoms. The van der Waals surface area contributed by atoms with Gasteiger partial charge in [0.25, 0.3) is 0 Å². The highest BCUT2D eigenvalue weighted by molar-refractivity contribution is 7.10. The molecule has 2 aromatic rings. The van der Waals surface area contributed by atoms with Crippen LogP contribution in [-0.4, -0.2) is 9.97 Å². The molecule has 0 aliphatic rings. The van der Waals surface area contributed by atoms with Crippen molar-refractivity contribution in [3.63, 3.8) is 0 Å². The molecule has 1 atom stereocenters. The molecule has 0 amide bonds. The first-order chi connectivity index (χ1) is 7.85. The number of rotatable bonds is 4. The summed E-state index contributed by atoms with van der Waals surface area (Å²) in [5.74, 6) is 1.29. The maximum absolute atomic E-state index is 8.83. The topological polar surface area (TPSA) is 52.5 Å². The summed E-state index contributed by atoms with van der Waals surface area (Å²) in [5, 5.41) is 10.7. The maximum atomic E-state index is 8.83. The third-order valence-electron chi connectivity index (χ3n) is 2.52. The number of thiophene rings is 1. The zero-order chi connectivity index (χ0) is 11.4. The standard InChI is InChI=1S/C12H13N3S/c1-2-3-10(12-14-4-5-15-12)11-6-9(7-13)8-16-11/h4-6,8,10H,2-3H2,1H3,(H,14,15). The highest BCUT2D eigenvalue weighted by atomic mass is 32.1. The number of H-pyrrole nitrogens is 1. The zero-order valence-electron chi connectivity index (χ0n) is 9.10. The van der Waals surface area contributed by atoms with Crippen molar-refractivity contribution in [2.75, 3.05) is 0 Å². The van der Waals surface area contributed by atoms with E-state index in [0.717, 1.165) is 24.2 Å². The van der Waals surface area contributed by atoms with Crippen LogP contribution in [0.25, 0.3) is 0 Å². The van der Waals surface area contributed by atoms with Crippen molar-refractivity contribution in [1.82, 2.24) is 9.97 Å². The maximum Gasteiger partial charge on any atom is 0.114 e. The molecule has 4 heteroatoms. The van der Waals surface area contributed by atoms with Crippen LogP contribution in [0.4, 0.5) is 0 Å². The van der Waals surface area contributed by atoms with E-state index in [4.69, 9.17) is 5.26 Å². The molecule has 82 valence electrons. The Labute approximate surface area is 98.8 Å². The summed E-state index contributed by atoms with van der Waals surface area (Å²) in [5.41, 5.74) is 0.743. The number of hydrogen-bond acceptors (Lipinski definition) is 3. The summed E-state index contributed by atoms with van der Waals surface area (Å²) in [6.45, 7) is 2.16. The minimum absolute atomic E-state index is 0.298. The van der Waals surface area contributed by atoms with E-state index in [2.05, 4.69) is 23.0 Å². The van der Waals surface area contributed by atoms with Crippen LogP contribution in [-0.2, 0) is 0 Å². The molecule has 0 aliphatic carbocycles. The Kier molecular flexibility index (Phi) is 3.37. The lowest BCUT2D eigenvalue weighted by atomic mass is 10.0. The van der Waals surface area contributed by atoms with Gasteiger partial charge in [0, 0.05) is 22.7 Å². The van der Waals surface area contributed by atoms with E-state index in [0.29, 0.717) is 5.92 Å². The molecular formula is C12H13N3S. The number of hydrogen-bond donors (Lipinski definition) is 1. The fraction of sp³-hybridized carbons (Fsp3) is 0.333. The van der Waals surface area contributed by atoms with Gasteiger partial charge in [0.05, 0.1) is 11.5 Å². The molecule has 1 unspecified atom stereocenters. The number of aromatic nitrogens is 2. The summed E-state index contributed by atoms with van der Waals surface area (Å²) >= 11 is 1.64. The Hall–Kier alpha value is -1.60. The molecule has 0 aliphatic heterocycles. The van der Waals surface area contributed by atoms with E-state index < -0.39 is 0 Å². The fourth-order valence-electron chi connectivity index (χ4n) is 1.76. The fourth-order valence-corrected chi connectivity index (χ4v) is 2.74. The van der Waals surface area contributed by atoms with Crippen LogP contribution in [0.1, 0.15) is 41.9 Å². The van der Waals surface area contributed by atoms with E-state index in [1.54, 1.807) is 17.5 Å². The Morgan fingerprint density at radius 3 is 3.06 bits per heavy atom. The van der Waals surface area contributed by atoms with Gasteiger partial charge in [-0.05, 0) is 12.5 Å². The first kappa shape index (κ1) is 10.9. The minimum atomic E-state index is 0.298. The summed E-state index contributed by atoms with van der Waals surface area (Å²) in [6.07, 6.45) is 5.78. The van der Waals surface area contributed by atoms with Crippen molar-refractivity contribution >= 4 is 11.3 Å². The van der Waals surface area contributed by atoms with E-state index in [1.165, 1.54) is 4.88 Å². The second kappa shape index (κ2) is 4.95. The third kappa shape index (κ3) is 2.15. The van der Waals surface area contributed by atoms with Crippen LogP contribution in [0.3, 0.4) is 0 Å². The van der Waals surface area contributed by atoms with Gasteiger partial charge in [-0.2, -0.15) is 5.26 Å². The Morgan fingerprint density at radius 2 is 2.50 bits per heavy atom. The summed E-state index contributed by atoms with van der Waals surface area (Å²) in [4.78, 5) is 8.69. The summed E-state index contributed by atoms with van der Waals surface area (Å²) in [7, 11) is 0. The van der Waals surface area contributed by atoms with Gasteiger partial charge in [-0.3, -0.25) is 0 Å². The monoisotopic (exact) mass is 231 g/mol. The third-order valence-corrected chi connectivity index (χ3v) is 3.57. The number of nitrogens with zero attached hydrogens (tertiary/aromatic N) is 2. The SMILES string of the molecule is CCCC(c1ncc[nH]1)c1cc(C#N)cs1. The van der Waals surface area contributed by atoms with Gasteiger partial charge < -0.3 is 4.98 Å². The first-order valence-corrected chi connectivity index (χ1v) is 6.21. The van der Waals surface area contributed by atoms with Gasteiger partial charge in [0.1, 0.15) is 11.9 Å². The van der Waals surface area contributed by atoms with E-state index in [-0.39, 0.29) is 0 Å². The molecule has 16 heavy (non-hydrogen) atoms. The van der Waals surface area contributed by atoms with Crippen LogP contribution >= 0.6 is 11.3 Å². The highest BCUT2D eigenvalue weighted by Crippen LogP contribution is 2.31. The first-order valence-electron chi connectivity index (χ1n) is 5.33. The van der Waals surface area contributed by atoms with Crippen LogP contribution < -0.4 is 0 Å². The van der Waals surface area contributed by atoms with Crippen LogP contribution in [0.15, 0.2) is 23.8 Å². The lowest BCUT2D eigenvalue weighted by Crippen LogP contribution is -2.00. The van der Waals surface area contributed by atoms with Gasteiger partial charge in [-0.25, -0.2) is 4.98 Å². The molecule has 0 saturated heterocycles. The number of nitrogens with one attached hydrogen (secondary N) is 1. The van der Waals surface area contributed by atoms with Crippen molar-refractivity contribution in [2.24, 2.45) is 0 Å². The smallest absolute Gasteiger partial charge is 0.114 e. The van der Waals surface area contributed by atoms with Gasteiger partial charge in [0.15, 0.2) is 0 Å². The largest absolute Gasteiger partial charge is 0.348 e. The predicted octanol–water partition coefficient (Wildman–Crippen LogP) is 3.27. The van der Waals surface area contributed by atoms with Crippen molar-refractivity contribution in [1.29, 1.82) is 5.26 Å². The Balaban J connectivity index is 2.29. The van der Waals surface area contributed by atoms with Gasteiger partial charge in [0.2, 0.25) is 0 Å². The lowest BCUT2D eigenvalue weighted by molar-refractivity contribution is 0.676. The molecule has 0 saturated carbocycles. The van der Waals surface area contributed by atoms with E-state index in [9.17, 15) is 0 Å². The zero-order valence-corrected chi connectivity index (χ0v) is 9.92. The molecule has 0 radical (unpaired) electrons. The average molecular weight is 231 g/mol. The van der Waals surface area contributed by atoms with Gasteiger partial charge >= 0.3 is 0 Å². The molecule has 2 heterocycles. The van der Waals surface area contributed by atoms with Gasteiger partial charge in [-0.1, -0.05) is 13.3 Å². The van der Waals surface area contributed by atoms with Gasteiger partial charge in [-0.15, -0.1) is 11.3 Å². The van der Waals surface area contributed by atoms with Crippen LogP contribution in [0.5, 0.6) is 0 Å². The molecule has 1 N–H and O–H groups in total. The molecular weight excluding hydrogens is 218 g/mol. The summed E-state index contributed by atoms with van der Waals surface area (Å²) in [6, 6.07) is 4.14. The molecule has 2 rings (SSSR count). The molecule has 3 nitrogen and oxygen atoms in total. The quantitative estimate of drug-likeness (QED) is 0.878. The van der Waals surface area contributed by atoms with Crippen LogP contribution in [0, 0.1) is 11.3 Å². The van der Waals surface area contributed by atoms with Crippen molar-refractivity contribution in [2.45, 2.75) is 25.7 Å². The van der Waals surface area contributed by atoms with Crippen molar-refractivity contribution in [3.05, 3.63) is 40.1 Å². The summed E-state index contributed by atoms with van der Waals surface area (Å²) < 4.78 is 0. The lowest BCUT2D eigenvalue weighted by Gasteiger charge is -2.10. The average Bonchev–Trinajstić information content (AvgIpc) is 2.97. The molecule has 0 fully saturated rings. The highest BCUT2D eigenvalue weighted by Gasteiger charge is 2.17. The molecule has 0 aromatic carbocycles. The predicted molar refractivity (Wildman–Crippen MR) is 64.4 cm³/mol. The van der Waals surface area contributed by atoms with Crippen LogP contribution in [0.2, 0.25) is 0 Å². The Bertz CT molecular complexity index is 479. The minimum Gasteiger partial charge on any atom is -0.348 e. The van der Waals surface area contributed by atoms with Crippen molar-refractivity contribution < 1.29 is 0 Å². The number of aromatic amines is 1.